The maximum absolute atomic E-state index is 11.2. The van der Waals surface area contributed by atoms with Crippen LogP contribution in [-0.2, 0) is 17.8 Å². The van der Waals surface area contributed by atoms with E-state index in [0.717, 1.165) is 5.56 Å². The summed E-state index contributed by atoms with van der Waals surface area (Å²) in [6.07, 6.45) is 0. The number of nitrogens with zero attached hydrogens (tertiary/aromatic N) is 3. The van der Waals surface area contributed by atoms with Gasteiger partial charge in [0.1, 0.15) is 0 Å². The normalized spacial score (nSPS) is 10.6. The number of methoxy groups -OCH3 is 1. The highest BCUT2D eigenvalue weighted by molar-refractivity contribution is 9.10. The number of nitro groups is 1. The third kappa shape index (κ3) is 3.79. The van der Waals surface area contributed by atoms with Crippen molar-refractivity contribution in [2.24, 2.45) is 0 Å². The zero-order chi connectivity index (χ0) is 15.2. The van der Waals surface area contributed by atoms with Gasteiger partial charge < -0.3 is 10.1 Å². The summed E-state index contributed by atoms with van der Waals surface area (Å²) in [7, 11) is 1.57. The number of halogens is 1. The summed E-state index contributed by atoms with van der Waals surface area (Å²) in [5.41, 5.74) is 0.962. The fourth-order valence-corrected chi connectivity index (χ4v) is 2.41. The number of benzene rings is 1. The summed E-state index contributed by atoms with van der Waals surface area (Å²) in [6, 6.07) is 9.66. The van der Waals surface area contributed by atoms with E-state index in [1.807, 2.05) is 30.3 Å². The van der Waals surface area contributed by atoms with Gasteiger partial charge in [-0.1, -0.05) is 30.3 Å². The molecular weight excluding hydrogens is 340 g/mol. The van der Waals surface area contributed by atoms with Crippen LogP contribution < -0.4 is 5.32 Å². The Labute approximate surface area is 130 Å². The molecule has 0 fully saturated rings. The predicted molar refractivity (Wildman–Crippen MR) is 82.2 cm³/mol. The first-order valence-corrected chi connectivity index (χ1v) is 7.10. The average Bonchev–Trinajstić information content (AvgIpc) is 2.80. The zero-order valence-electron chi connectivity index (χ0n) is 11.5. The maximum Gasteiger partial charge on any atom is 0.345 e. The SMILES string of the molecule is COCCn1nc(Br)c([N+](=O)[O-])c1NCc1ccccc1. The van der Waals surface area contributed by atoms with Crippen molar-refractivity contribution in [1.82, 2.24) is 9.78 Å². The van der Waals surface area contributed by atoms with Crippen LogP contribution in [0.5, 0.6) is 0 Å². The van der Waals surface area contributed by atoms with Crippen molar-refractivity contribution in [1.29, 1.82) is 0 Å². The monoisotopic (exact) mass is 354 g/mol. The van der Waals surface area contributed by atoms with Crippen molar-refractivity contribution in [3.63, 3.8) is 0 Å². The number of hydrogen-bond acceptors (Lipinski definition) is 5. The van der Waals surface area contributed by atoms with Crippen LogP contribution in [-0.4, -0.2) is 28.4 Å². The number of anilines is 1. The second kappa shape index (κ2) is 7.19. The third-order valence-corrected chi connectivity index (χ3v) is 3.41. The van der Waals surface area contributed by atoms with Gasteiger partial charge in [0.05, 0.1) is 18.1 Å². The molecule has 0 saturated carbocycles. The standard InChI is InChI=1S/C13H15BrN4O3/c1-21-8-7-17-13(11(18(19)20)12(14)16-17)15-9-10-5-3-2-4-6-10/h2-6,15H,7-9H2,1H3. The molecule has 0 unspecified atom stereocenters. The van der Waals surface area contributed by atoms with Crippen molar-refractivity contribution >= 4 is 27.4 Å². The molecule has 1 aromatic heterocycles. The number of ether oxygens (including phenoxy) is 1. The highest BCUT2D eigenvalue weighted by atomic mass is 79.9. The van der Waals surface area contributed by atoms with E-state index >= 15 is 0 Å². The van der Waals surface area contributed by atoms with E-state index < -0.39 is 4.92 Å². The summed E-state index contributed by atoms with van der Waals surface area (Å²) in [4.78, 5) is 10.7. The van der Waals surface area contributed by atoms with E-state index in [1.165, 1.54) is 4.68 Å². The minimum Gasteiger partial charge on any atom is -0.383 e. The molecule has 0 saturated heterocycles. The number of nitrogens with one attached hydrogen (secondary N) is 1. The first-order valence-electron chi connectivity index (χ1n) is 6.31. The highest BCUT2D eigenvalue weighted by Crippen LogP contribution is 2.32. The molecule has 0 amide bonds. The van der Waals surface area contributed by atoms with Crippen LogP contribution in [0.1, 0.15) is 5.56 Å². The first-order chi connectivity index (χ1) is 10.1. The lowest BCUT2D eigenvalue weighted by molar-refractivity contribution is -0.384. The molecule has 0 bridgehead atoms. The molecular formula is C13H15BrN4O3. The Balaban J connectivity index is 2.24. The number of aromatic nitrogens is 2. The van der Waals surface area contributed by atoms with E-state index in [9.17, 15) is 10.1 Å². The topological polar surface area (TPSA) is 82.2 Å². The average molecular weight is 355 g/mol. The van der Waals surface area contributed by atoms with Crippen LogP contribution in [0.3, 0.4) is 0 Å². The maximum atomic E-state index is 11.2. The highest BCUT2D eigenvalue weighted by Gasteiger charge is 2.26. The molecule has 0 aliphatic heterocycles. The molecule has 0 spiro atoms. The lowest BCUT2D eigenvalue weighted by atomic mass is 10.2. The first kappa shape index (κ1) is 15.5. The Kier molecular flexibility index (Phi) is 5.29. The summed E-state index contributed by atoms with van der Waals surface area (Å²) >= 11 is 3.13. The largest absolute Gasteiger partial charge is 0.383 e. The molecule has 0 aliphatic carbocycles. The van der Waals surface area contributed by atoms with Gasteiger partial charge in [0.25, 0.3) is 0 Å². The lowest BCUT2D eigenvalue weighted by Crippen LogP contribution is -2.12. The fourth-order valence-electron chi connectivity index (χ4n) is 1.88. The van der Waals surface area contributed by atoms with Crippen LogP contribution in [0.25, 0.3) is 0 Å². The quantitative estimate of drug-likeness (QED) is 0.610. The van der Waals surface area contributed by atoms with Gasteiger partial charge in [-0.05, 0) is 21.5 Å². The van der Waals surface area contributed by atoms with E-state index in [1.54, 1.807) is 7.11 Å². The van der Waals surface area contributed by atoms with Crippen LogP contribution in [0.2, 0.25) is 0 Å². The second-order valence-corrected chi connectivity index (χ2v) is 5.05. The van der Waals surface area contributed by atoms with E-state index in [-0.39, 0.29) is 10.3 Å². The molecule has 2 rings (SSSR count). The molecule has 2 aromatic rings. The van der Waals surface area contributed by atoms with Gasteiger partial charge in [0.2, 0.25) is 10.4 Å². The fraction of sp³-hybridized carbons (Fsp3) is 0.308. The second-order valence-electron chi connectivity index (χ2n) is 4.30. The Hall–Kier alpha value is -1.93. The molecule has 0 radical (unpaired) electrons. The molecule has 21 heavy (non-hydrogen) atoms. The van der Waals surface area contributed by atoms with Crippen LogP contribution in [0.4, 0.5) is 11.5 Å². The summed E-state index contributed by atoms with van der Waals surface area (Å²) in [5, 5.41) is 18.4. The van der Waals surface area contributed by atoms with E-state index in [4.69, 9.17) is 4.74 Å². The number of hydrogen-bond donors (Lipinski definition) is 1. The van der Waals surface area contributed by atoms with Gasteiger partial charge in [-0.2, -0.15) is 5.10 Å². The Morgan fingerprint density at radius 2 is 2.14 bits per heavy atom. The van der Waals surface area contributed by atoms with Crippen molar-refractivity contribution in [3.8, 4) is 0 Å². The molecule has 7 nitrogen and oxygen atoms in total. The van der Waals surface area contributed by atoms with E-state index in [0.29, 0.717) is 25.5 Å². The van der Waals surface area contributed by atoms with Crippen molar-refractivity contribution < 1.29 is 9.66 Å². The van der Waals surface area contributed by atoms with Crippen molar-refractivity contribution in [3.05, 3.63) is 50.6 Å². The predicted octanol–water partition coefficient (Wildman–Crippen LogP) is 2.81. The van der Waals surface area contributed by atoms with Gasteiger partial charge in [-0.25, -0.2) is 4.68 Å². The Morgan fingerprint density at radius 3 is 2.76 bits per heavy atom. The molecule has 0 aliphatic rings. The van der Waals surface area contributed by atoms with Crippen LogP contribution in [0, 0.1) is 10.1 Å². The summed E-state index contributed by atoms with van der Waals surface area (Å²) < 4.78 is 6.74. The molecule has 1 heterocycles. The summed E-state index contributed by atoms with van der Waals surface area (Å²) in [5.74, 6) is 0.368. The Morgan fingerprint density at radius 1 is 1.43 bits per heavy atom. The smallest absolute Gasteiger partial charge is 0.345 e. The molecule has 0 atom stereocenters. The molecule has 8 heteroatoms. The van der Waals surface area contributed by atoms with Gasteiger partial charge in [0, 0.05) is 13.7 Å². The van der Waals surface area contributed by atoms with Gasteiger partial charge in [0.15, 0.2) is 0 Å². The summed E-state index contributed by atoms with van der Waals surface area (Å²) in [6.45, 7) is 1.33. The van der Waals surface area contributed by atoms with E-state index in [2.05, 4.69) is 26.3 Å². The molecule has 1 aromatic carbocycles. The van der Waals surface area contributed by atoms with Crippen molar-refractivity contribution in [2.45, 2.75) is 13.1 Å². The minimum absolute atomic E-state index is 0.0676. The van der Waals surface area contributed by atoms with Gasteiger partial charge in [-0.3, -0.25) is 10.1 Å². The van der Waals surface area contributed by atoms with Gasteiger partial charge >= 0.3 is 5.69 Å². The molecule has 1 N–H and O–H groups in total. The Bertz CT molecular complexity index is 615. The van der Waals surface area contributed by atoms with Gasteiger partial charge in [-0.15, -0.1) is 0 Å². The minimum atomic E-state index is -0.451. The third-order valence-electron chi connectivity index (χ3n) is 2.88. The van der Waals surface area contributed by atoms with Crippen LogP contribution in [0.15, 0.2) is 34.9 Å². The zero-order valence-corrected chi connectivity index (χ0v) is 13.0. The lowest BCUT2D eigenvalue weighted by Gasteiger charge is -2.09. The number of rotatable bonds is 7. The molecule has 112 valence electrons. The van der Waals surface area contributed by atoms with Crippen LogP contribution >= 0.6 is 15.9 Å². The van der Waals surface area contributed by atoms with Crippen molar-refractivity contribution in [2.75, 3.05) is 19.0 Å².